The van der Waals surface area contributed by atoms with E-state index in [-0.39, 0.29) is 17.5 Å². The largest absolute Gasteiger partial charge is 0.365 e. The molecule has 6 heteroatoms. The number of rotatable bonds is 2. The fraction of sp³-hybridized carbons (Fsp3) is 0.250. The second kappa shape index (κ2) is 7.29. The average Bonchev–Trinajstić information content (AvgIpc) is 3.20. The van der Waals surface area contributed by atoms with E-state index in [2.05, 4.69) is 48.0 Å². The summed E-state index contributed by atoms with van der Waals surface area (Å²) in [6.45, 7) is 6.37. The Morgan fingerprint density at radius 2 is 1.83 bits per heavy atom. The maximum absolute atomic E-state index is 13.3. The molecule has 1 unspecified atom stereocenters. The number of nitrogens with one attached hydrogen (secondary N) is 1. The number of H-pyrrole nitrogens is 1. The summed E-state index contributed by atoms with van der Waals surface area (Å²) >= 11 is 1.42. The van der Waals surface area contributed by atoms with Gasteiger partial charge < -0.3 is 14.8 Å². The Morgan fingerprint density at radius 3 is 2.60 bits per heavy atom. The molecular formula is C24H23N3O2S. The Morgan fingerprint density at radius 1 is 1.07 bits per heavy atom. The van der Waals surface area contributed by atoms with E-state index in [1.165, 1.54) is 22.6 Å². The van der Waals surface area contributed by atoms with Gasteiger partial charge in [-0.25, -0.2) is 0 Å². The van der Waals surface area contributed by atoms with Gasteiger partial charge in [-0.3, -0.25) is 9.59 Å². The summed E-state index contributed by atoms with van der Waals surface area (Å²) in [7, 11) is 0. The monoisotopic (exact) mass is 417 g/mol. The molecule has 0 saturated carbocycles. The van der Waals surface area contributed by atoms with E-state index >= 15 is 0 Å². The minimum Gasteiger partial charge on any atom is -0.365 e. The van der Waals surface area contributed by atoms with Crippen molar-refractivity contribution in [1.82, 2.24) is 9.88 Å². The first-order chi connectivity index (χ1) is 14.5. The van der Waals surface area contributed by atoms with Crippen molar-refractivity contribution in [3.05, 3.63) is 75.4 Å². The molecule has 5 nitrogen and oxygen atoms in total. The molecule has 1 atom stereocenters. The van der Waals surface area contributed by atoms with Gasteiger partial charge in [0.1, 0.15) is 0 Å². The third kappa shape index (κ3) is 3.17. The number of anilines is 1. The second-order valence-electron chi connectivity index (χ2n) is 7.98. The Kier molecular flexibility index (Phi) is 4.59. The second-order valence-corrected chi connectivity index (χ2v) is 9.03. The van der Waals surface area contributed by atoms with E-state index in [0.29, 0.717) is 23.4 Å². The molecule has 4 aromatic rings. The van der Waals surface area contributed by atoms with Crippen molar-refractivity contribution in [3.8, 4) is 0 Å². The van der Waals surface area contributed by atoms with Crippen molar-refractivity contribution < 1.29 is 4.79 Å². The van der Waals surface area contributed by atoms with E-state index in [9.17, 15) is 9.59 Å². The van der Waals surface area contributed by atoms with Crippen molar-refractivity contribution in [2.75, 3.05) is 24.5 Å². The molecule has 1 fully saturated rings. The van der Waals surface area contributed by atoms with Crippen LogP contribution >= 0.6 is 11.3 Å². The van der Waals surface area contributed by atoms with Crippen LogP contribution in [0, 0.1) is 6.92 Å². The van der Waals surface area contributed by atoms with Crippen LogP contribution in [-0.2, 0) is 0 Å². The number of hydrogen-bond acceptors (Lipinski definition) is 4. The number of amides is 1. The number of aromatic amines is 1. The number of thiophene rings is 1. The number of pyridine rings is 1. The third-order valence-corrected chi connectivity index (χ3v) is 7.04. The topological polar surface area (TPSA) is 56.4 Å². The van der Waals surface area contributed by atoms with Crippen LogP contribution in [0.1, 0.15) is 22.2 Å². The molecule has 152 valence electrons. The number of carbonyl (C=O) groups excluding carboxylic acids is 1. The molecule has 0 bridgehead atoms. The fourth-order valence-corrected chi connectivity index (χ4v) is 5.43. The van der Waals surface area contributed by atoms with Gasteiger partial charge in [0.15, 0.2) is 0 Å². The van der Waals surface area contributed by atoms with Gasteiger partial charge in [0.25, 0.3) is 11.5 Å². The Hall–Kier alpha value is -3.12. The number of aryl methyl sites for hydroxylation is 1. The van der Waals surface area contributed by atoms with Gasteiger partial charge in [0.05, 0.1) is 10.3 Å². The Labute approximate surface area is 178 Å². The van der Waals surface area contributed by atoms with Gasteiger partial charge in [0.2, 0.25) is 0 Å². The molecule has 5 rings (SSSR count). The van der Waals surface area contributed by atoms with E-state index in [1.807, 2.05) is 29.2 Å². The van der Waals surface area contributed by atoms with Crippen LogP contribution in [0.5, 0.6) is 0 Å². The van der Waals surface area contributed by atoms with Gasteiger partial charge in [-0.15, -0.1) is 11.3 Å². The normalized spacial score (nSPS) is 17.1. The zero-order chi connectivity index (χ0) is 20.8. The van der Waals surface area contributed by atoms with Crippen LogP contribution in [0.25, 0.3) is 21.0 Å². The summed E-state index contributed by atoms with van der Waals surface area (Å²) in [6, 6.07) is 18.3. The summed E-state index contributed by atoms with van der Waals surface area (Å²) in [5.41, 5.74) is 3.10. The minimum atomic E-state index is -0.142. The van der Waals surface area contributed by atoms with Crippen molar-refractivity contribution in [1.29, 1.82) is 0 Å². The summed E-state index contributed by atoms with van der Waals surface area (Å²) in [5, 5.41) is 1.57. The minimum absolute atomic E-state index is 0.00934. The Bertz CT molecular complexity index is 1310. The van der Waals surface area contributed by atoms with Gasteiger partial charge in [0, 0.05) is 47.0 Å². The molecule has 30 heavy (non-hydrogen) atoms. The molecule has 1 aliphatic rings. The lowest BCUT2D eigenvalue weighted by atomic mass is 10.1. The van der Waals surface area contributed by atoms with Crippen LogP contribution in [0.2, 0.25) is 0 Å². The number of para-hydroxylation sites is 1. The summed E-state index contributed by atoms with van der Waals surface area (Å²) in [4.78, 5) is 33.6. The molecule has 1 saturated heterocycles. The molecule has 0 aliphatic carbocycles. The lowest BCUT2D eigenvalue weighted by Gasteiger charge is -2.41. The number of nitrogens with zero attached hydrogens (tertiary/aromatic N) is 2. The molecule has 1 amide bonds. The van der Waals surface area contributed by atoms with Crippen molar-refractivity contribution in [3.63, 3.8) is 0 Å². The first kappa shape index (κ1) is 18.9. The summed E-state index contributed by atoms with van der Waals surface area (Å²) in [6.07, 6.45) is 0. The first-order valence-corrected chi connectivity index (χ1v) is 11.0. The van der Waals surface area contributed by atoms with Gasteiger partial charge in [-0.05, 0) is 38.1 Å². The highest BCUT2D eigenvalue weighted by Crippen LogP contribution is 2.31. The highest BCUT2D eigenvalue weighted by molar-refractivity contribution is 7.21. The maximum atomic E-state index is 13.3. The van der Waals surface area contributed by atoms with E-state index in [1.54, 1.807) is 6.07 Å². The van der Waals surface area contributed by atoms with Crippen molar-refractivity contribution >= 4 is 43.9 Å². The number of piperazine rings is 1. The summed E-state index contributed by atoms with van der Waals surface area (Å²) in [5.74, 6) is 0.00934. The lowest BCUT2D eigenvalue weighted by Crippen LogP contribution is -2.53. The van der Waals surface area contributed by atoms with Crippen LogP contribution < -0.4 is 10.5 Å². The number of aromatic nitrogens is 1. The first-order valence-electron chi connectivity index (χ1n) is 10.2. The van der Waals surface area contributed by atoms with Crippen molar-refractivity contribution in [2.24, 2.45) is 0 Å². The van der Waals surface area contributed by atoms with Crippen molar-refractivity contribution in [2.45, 2.75) is 19.9 Å². The van der Waals surface area contributed by atoms with E-state index < -0.39 is 0 Å². The number of fused-ring (bicyclic) bond motifs is 3. The quantitative estimate of drug-likeness (QED) is 0.526. The van der Waals surface area contributed by atoms with Crippen LogP contribution in [0.4, 0.5) is 5.69 Å². The summed E-state index contributed by atoms with van der Waals surface area (Å²) < 4.78 is 0.879. The van der Waals surface area contributed by atoms with Gasteiger partial charge in [-0.2, -0.15) is 0 Å². The average molecular weight is 418 g/mol. The maximum Gasteiger partial charge on any atom is 0.264 e. The third-order valence-electron chi connectivity index (χ3n) is 5.89. The predicted molar refractivity (Wildman–Crippen MR) is 124 cm³/mol. The zero-order valence-electron chi connectivity index (χ0n) is 17.0. The van der Waals surface area contributed by atoms with Crippen LogP contribution in [0.3, 0.4) is 0 Å². The SMILES string of the molecule is Cc1ccc(N2CCN(C(=O)c3cc4c(=O)[nH]c5ccccc5c4s3)CC2C)cc1. The standard InChI is InChI=1S/C24H23N3O2S/c1-15-7-9-17(10-8-15)27-12-11-26(14-16(27)2)24(29)21-13-19-22(30-21)18-5-3-4-6-20(18)25-23(19)28/h3-10,13,16H,11-12,14H2,1-2H3,(H,25,28). The van der Waals surface area contributed by atoms with E-state index in [0.717, 1.165) is 22.1 Å². The fourth-order valence-electron chi connectivity index (χ4n) is 4.26. The molecule has 3 heterocycles. The molecule has 0 radical (unpaired) electrons. The number of benzene rings is 2. The smallest absolute Gasteiger partial charge is 0.264 e. The highest BCUT2D eigenvalue weighted by Gasteiger charge is 2.28. The predicted octanol–water partition coefficient (Wildman–Crippen LogP) is 4.40. The Balaban J connectivity index is 1.42. The van der Waals surface area contributed by atoms with Crippen LogP contribution in [-0.4, -0.2) is 41.5 Å². The molecule has 1 aliphatic heterocycles. The highest BCUT2D eigenvalue weighted by atomic mass is 32.1. The number of hydrogen-bond donors (Lipinski definition) is 1. The van der Waals surface area contributed by atoms with Crippen LogP contribution in [0.15, 0.2) is 59.4 Å². The number of carbonyl (C=O) groups is 1. The molecule has 0 spiro atoms. The molecular weight excluding hydrogens is 394 g/mol. The van der Waals surface area contributed by atoms with E-state index in [4.69, 9.17) is 0 Å². The lowest BCUT2D eigenvalue weighted by molar-refractivity contribution is 0.0731. The van der Waals surface area contributed by atoms with Gasteiger partial charge >= 0.3 is 0 Å². The molecule has 2 aromatic heterocycles. The molecule has 1 N–H and O–H groups in total. The molecule has 2 aromatic carbocycles. The van der Waals surface area contributed by atoms with Gasteiger partial charge in [-0.1, -0.05) is 35.9 Å². The zero-order valence-corrected chi connectivity index (χ0v) is 17.8.